The van der Waals surface area contributed by atoms with Gasteiger partial charge in [0, 0.05) is 33.4 Å². The smallest absolute Gasteiger partial charge is 0.309 e. The van der Waals surface area contributed by atoms with Crippen molar-refractivity contribution in [1.82, 2.24) is 10.3 Å². The molecule has 5 rings (SSSR count). The highest BCUT2D eigenvalue weighted by Crippen LogP contribution is 2.32. The van der Waals surface area contributed by atoms with Gasteiger partial charge in [0.2, 0.25) is 0 Å². The zero-order chi connectivity index (χ0) is 28.4. The molecule has 40 heavy (non-hydrogen) atoms. The maximum atomic E-state index is 13.4. The molecule has 1 aliphatic carbocycles. The lowest BCUT2D eigenvalue weighted by molar-refractivity contribution is -0.163. The number of aromatic nitrogens is 1. The fourth-order valence-corrected chi connectivity index (χ4v) is 5.49. The second-order valence-electron chi connectivity index (χ2n) is 11.0. The zero-order valence-electron chi connectivity index (χ0n) is 22.9. The number of nitrogens with one attached hydrogen (secondary N) is 3. The normalized spacial score (nSPS) is 16.6. The quantitative estimate of drug-likeness (QED) is 0.226. The number of amides is 2. The molecule has 0 unspecified atom stereocenters. The maximum Gasteiger partial charge on any atom is 0.309 e. The van der Waals surface area contributed by atoms with E-state index in [4.69, 9.17) is 4.74 Å². The van der Waals surface area contributed by atoms with Crippen LogP contribution in [0.1, 0.15) is 59.9 Å². The van der Waals surface area contributed by atoms with Crippen molar-refractivity contribution in [2.24, 2.45) is 5.92 Å². The number of hydrogen-bond donors (Lipinski definition) is 3. The van der Waals surface area contributed by atoms with Crippen LogP contribution in [0.4, 0.5) is 17.2 Å². The number of fused-ring (bicyclic) bond motifs is 1. The molecule has 1 saturated carbocycles. The Bertz CT molecular complexity index is 1580. The number of rotatable bonds is 7. The highest BCUT2D eigenvalue weighted by Gasteiger charge is 2.38. The molecule has 2 amide bonds. The number of carbonyl (C=O) groups is 3. The Labute approximate surface area is 237 Å². The highest BCUT2D eigenvalue weighted by atomic mass is 32.1. The second-order valence-corrected chi connectivity index (χ2v) is 11.9. The molecule has 4 aromatic rings. The van der Waals surface area contributed by atoms with Crippen LogP contribution in [0, 0.1) is 12.8 Å². The molecule has 0 spiro atoms. The number of thiophene rings is 1. The Morgan fingerprint density at radius 2 is 1.70 bits per heavy atom. The van der Waals surface area contributed by atoms with E-state index in [1.54, 1.807) is 6.07 Å². The molecule has 0 aliphatic heterocycles. The number of ether oxygens (including phenoxy) is 1. The summed E-state index contributed by atoms with van der Waals surface area (Å²) in [7, 11) is 0. The molecular weight excluding hydrogens is 524 g/mol. The fourth-order valence-electron chi connectivity index (χ4n) is 4.55. The van der Waals surface area contributed by atoms with Crippen molar-refractivity contribution in [1.29, 1.82) is 0 Å². The molecule has 2 aromatic heterocycles. The zero-order valence-corrected chi connectivity index (χ0v) is 23.7. The van der Waals surface area contributed by atoms with Gasteiger partial charge in [-0.1, -0.05) is 36.4 Å². The van der Waals surface area contributed by atoms with Gasteiger partial charge >= 0.3 is 5.97 Å². The Kier molecular flexibility index (Phi) is 7.58. The predicted octanol–water partition coefficient (Wildman–Crippen LogP) is 6.45. The molecule has 206 valence electrons. The van der Waals surface area contributed by atoms with Crippen LogP contribution in [0.25, 0.3) is 10.1 Å². The van der Waals surface area contributed by atoms with E-state index >= 15 is 0 Å². The Hall–Kier alpha value is -4.24. The number of para-hydroxylation sites is 1. The van der Waals surface area contributed by atoms with E-state index in [9.17, 15) is 14.4 Å². The van der Waals surface area contributed by atoms with E-state index in [2.05, 4.69) is 20.9 Å². The van der Waals surface area contributed by atoms with Crippen LogP contribution < -0.4 is 16.0 Å². The van der Waals surface area contributed by atoms with Gasteiger partial charge in [-0.05, 0) is 64.3 Å². The third-order valence-corrected chi connectivity index (χ3v) is 7.70. The topological polar surface area (TPSA) is 109 Å². The molecule has 1 fully saturated rings. The van der Waals surface area contributed by atoms with Crippen molar-refractivity contribution in [2.45, 2.75) is 52.2 Å². The molecule has 9 heteroatoms. The standard InChI is InChI=1S/C31H32N4O4S/c1-18-9-5-7-11-24(18)34-27-25(35-29(37)23-17-40-26-12-8-6-10-22(23)26)15-20(16-32-27)28(36)33-21-13-19(14-21)30(38)39-31(2,3)4/h5-12,15-17,19,21H,13-14H2,1-4H3,(H,32,34)(H,33,36)(H,35,37)/t19-,21+. The van der Waals surface area contributed by atoms with E-state index in [1.807, 2.05) is 81.6 Å². The third-order valence-electron chi connectivity index (χ3n) is 6.74. The molecule has 2 heterocycles. The molecule has 1 aliphatic rings. The van der Waals surface area contributed by atoms with Gasteiger partial charge < -0.3 is 20.7 Å². The van der Waals surface area contributed by atoms with Crippen molar-refractivity contribution in [3.05, 3.63) is 82.9 Å². The number of hydrogen-bond acceptors (Lipinski definition) is 7. The lowest BCUT2D eigenvalue weighted by Crippen LogP contribution is -2.48. The summed E-state index contributed by atoms with van der Waals surface area (Å²) < 4.78 is 6.47. The van der Waals surface area contributed by atoms with Crippen LogP contribution >= 0.6 is 11.3 Å². The van der Waals surface area contributed by atoms with Gasteiger partial charge in [0.1, 0.15) is 5.60 Å². The summed E-state index contributed by atoms with van der Waals surface area (Å²) in [6, 6.07) is 17.0. The number of esters is 1. The summed E-state index contributed by atoms with van der Waals surface area (Å²) in [5, 5.41) is 11.9. The summed E-state index contributed by atoms with van der Waals surface area (Å²) in [5.74, 6) is -0.647. The van der Waals surface area contributed by atoms with E-state index in [0.29, 0.717) is 35.5 Å². The molecule has 0 saturated heterocycles. The number of aryl methyl sites for hydroxylation is 1. The summed E-state index contributed by atoms with van der Waals surface area (Å²) in [6.45, 7) is 7.49. The van der Waals surface area contributed by atoms with Crippen LogP contribution in [-0.2, 0) is 9.53 Å². The third kappa shape index (κ3) is 6.15. The molecule has 3 N–H and O–H groups in total. The number of carbonyl (C=O) groups excluding carboxylic acids is 3. The molecule has 0 radical (unpaired) electrons. The first kappa shape index (κ1) is 27.3. The van der Waals surface area contributed by atoms with Crippen molar-refractivity contribution in [3.63, 3.8) is 0 Å². The maximum absolute atomic E-state index is 13.4. The Morgan fingerprint density at radius 1 is 0.975 bits per heavy atom. The van der Waals surface area contributed by atoms with Gasteiger partial charge in [-0.2, -0.15) is 0 Å². The average Bonchev–Trinajstić information content (AvgIpc) is 3.31. The van der Waals surface area contributed by atoms with E-state index in [-0.39, 0.29) is 29.7 Å². The number of benzene rings is 2. The van der Waals surface area contributed by atoms with E-state index in [1.165, 1.54) is 17.5 Å². The number of anilines is 3. The van der Waals surface area contributed by atoms with Gasteiger partial charge in [0.15, 0.2) is 5.82 Å². The Balaban J connectivity index is 1.34. The van der Waals surface area contributed by atoms with E-state index in [0.717, 1.165) is 21.3 Å². The predicted molar refractivity (Wildman–Crippen MR) is 158 cm³/mol. The lowest BCUT2D eigenvalue weighted by atomic mass is 9.80. The summed E-state index contributed by atoms with van der Waals surface area (Å²) in [6.07, 6.45) is 2.53. The molecule has 8 nitrogen and oxygen atoms in total. The van der Waals surface area contributed by atoms with Gasteiger partial charge in [-0.3, -0.25) is 14.4 Å². The molecular formula is C31H32N4O4S. The van der Waals surface area contributed by atoms with Gasteiger partial charge in [0.05, 0.1) is 22.7 Å². The summed E-state index contributed by atoms with van der Waals surface area (Å²) >= 11 is 1.50. The largest absolute Gasteiger partial charge is 0.460 e. The van der Waals surface area contributed by atoms with Gasteiger partial charge in [-0.15, -0.1) is 11.3 Å². The first-order valence-electron chi connectivity index (χ1n) is 13.2. The van der Waals surface area contributed by atoms with Crippen molar-refractivity contribution in [2.75, 3.05) is 10.6 Å². The van der Waals surface area contributed by atoms with Gasteiger partial charge in [0.25, 0.3) is 11.8 Å². The van der Waals surface area contributed by atoms with Crippen LogP contribution in [0.5, 0.6) is 0 Å². The first-order valence-corrected chi connectivity index (χ1v) is 14.1. The van der Waals surface area contributed by atoms with Crippen LogP contribution in [0.15, 0.2) is 66.2 Å². The van der Waals surface area contributed by atoms with E-state index < -0.39 is 5.60 Å². The minimum Gasteiger partial charge on any atom is -0.460 e. The monoisotopic (exact) mass is 556 g/mol. The minimum absolute atomic E-state index is 0.134. The molecule has 0 bridgehead atoms. The van der Waals surface area contributed by atoms with Crippen molar-refractivity contribution in [3.8, 4) is 0 Å². The van der Waals surface area contributed by atoms with Gasteiger partial charge in [-0.25, -0.2) is 4.98 Å². The number of pyridine rings is 1. The van der Waals surface area contributed by atoms with Crippen LogP contribution in [0.2, 0.25) is 0 Å². The van der Waals surface area contributed by atoms with Crippen molar-refractivity contribution >= 4 is 56.4 Å². The first-order chi connectivity index (χ1) is 19.1. The average molecular weight is 557 g/mol. The highest BCUT2D eigenvalue weighted by molar-refractivity contribution is 7.17. The SMILES string of the molecule is Cc1ccccc1Nc1ncc(C(=O)N[C@H]2C[C@@H](C(=O)OC(C)(C)C)C2)cc1NC(=O)c1csc2ccccc12. The second kappa shape index (κ2) is 11.1. The fraction of sp³-hybridized carbons (Fsp3) is 0.290. The summed E-state index contributed by atoms with van der Waals surface area (Å²) in [5.41, 5.74) is 2.56. The van der Waals surface area contributed by atoms with Crippen molar-refractivity contribution < 1.29 is 19.1 Å². The minimum atomic E-state index is -0.540. The summed E-state index contributed by atoms with van der Waals surface area (Å²) in [4.78, 5) is 43.3. The Morgan fingerprint density at radius 3 is 2.45 bits per heavy atom. The van der Waals surface area contributed by atoms with Crippen LogP contribution in [-0.4, -0.2) is 34.4 Å². The van der Waals surface area contributed by atoms with Crippen LogP contribution in [0.3, 0.4) is 0 Å². The molecule has 0 atom stereocenters. The number of nitrogens with zero attached hydrogens (tertiary/aromatic N) is 1. The molecule has 2 aromatic carbocycles. The lowest BCUT2D eigenvalue weighted by Gasteiger charge is -2.35.